The van der Waals surface area contributed by atoms with Crippen molar-refractivity contribution in [3.63, 3.8) is 0 Å². The van der Waals surface area contributed by atoms with Crippen LogP contribution in [0.4, 0.5) is 0 Å². The lowest BCUT2D eigenvalue weighted by Crippen LogP contribution is -2.20. The number of carbonyl (C=O) groups is 2. The highest BCUT2D eigenvalue weighted by molar-refractivity contribution is 6.15. The molecule has 2 N–H and O–H groups in total. The number of Topliss-reactive ketones (excluding diaryl/α,β-unsaturated/α-hetero) is 1. The smallest absolute Gasteiger partial charge is 0.255 e. The Morgan fingerprint density at radius 3 is 2.81 bits per heavy atom. The lowest BCUT2D eigenvalue weighted by atomic mass is 10.1. The Kier molecular flexibility index (Phi) is 3.96. The Morgan fingerprint density at radius 1 is 1.26 bits per heavy atom. The molecule has 6 nitrogen and oxygen atoms in total. The van der Waals surface area contributed by atoms with Crippen molar-refractivity contribution in [2.45, 2.75) is 6.92 Å². The first-order chi connectivity index (χ1) is 13.0. The lowest BCUT2D eigenvalue weighted by Gasteiger charge is -2.09. The van der Waals surface area contributed by atoms with Crippen molar-refractivity contribution < 1.29 is 19.1 Å². The van der Waals surface area contributed by atoms with Crippen molar-refractivity contribution in [2.24, 2.45) is 12.8 Å². The van der Waals surface area contributed by atoms with Gasteiger partial charge in [0.25, 0.3) is 5.91 Å². The molecule has 136 valence electrons. The fourth-order valence-electron chi connectivity index (χ4n) is 3.30. The summed E-state index contributed by atoms with van der Waals surface area (Å²) in [6.07, 6.45) is 3.72. The van der Waals surface area contributed by atoms with E-state index in [9.17, 15) is 9.59 Å². The van der Waals surface area contributed by atoms with Gasteiger partial charge in [-0.15, -0.1) is 0 Å². The van der Waals surface area contributed by atoms with Gasteiger partial charge in [0.1, 0.15) is 11.5 Å². The molecule has 0 atom stereocenters. The van der Waals surface area contributed by atoms with Gasteiger partial charge in [-0.1, -0.05) is 18.2 Å². The Morgan fingerprint density at radius 2 is 2.04 bits per heavy atom. The summed E-state index contributed by atoms with van der Waals surface area (Å²) in [5.74, 6) is 0.433. The van der Waals surface area contributed by atoms with Crippen LogP contribution in [0.3, 0.4) is 0 Å². The van der Waals surface area contributed by atoms with Crippen molar-refractivity contribution in [1.82, 2.24) is 4.57 Å². The zero-order valence-corrected chi connectivity index (χ0v) is 15.0. The molecule has 0 aliphatic carbocycles. The maximum absolute atomic E-state index is 12.8. The maximum Gasteiger partial charge on any atom is 0.255 e. The summed E-state index contributed by atoms with van der Waals surface area (Å²) in [5.41, 5.74) is 8.24. The van der Waals surface area contributed by atoms with Gasteiger partial charge in [-0.3, -0.25) is 9.59 Å². The third-order valence-corrected chi connectivity index (χ3v) is 4.62. The molecule has 1 aliphatic rings. The fraction of sp³-hybridized carbons (Fsp3) is 0.143. The minimum Gasteiger partial charge on any atom is -0.483 e. The summed E-state index contributed by atoms with van der Waals surface area (Å²) in [4.78, 5) is 23.7. The van der Waals surface area contributed by atoms with Gasteiger partial charge in [0.15, 0.2) is 12.4 Å². The third-order valence-electron chi connectivity index (χ3n) is 4.62. The van der Waals surface area contributed by atoms with Crippen LogP contribution in [-0.4, -0.2) is 22.9 Å². The van der Waals surface area contributed by atoms with Gasteiger partial charge in [0, 0.05) is 35.3 Å². The molecule has 1 aliphatic heterocycles. The van der Waals surface area contributed by atoms with Crippen LogP contribution in [0.25, 0.3) is 17.0 Å². The lowest BCUT2D eigenvalue weighted by molar-refractivity contribution is -0.119. The van der Waals surface area contributed by atoms with Crippen LogP contribution < -0.4 is 15.2 Å². The van der Waals surface area contributed by atoms with Gasteiger partial charge in [0.2, 0.25) is 5.78 Å². The van der Waals surface area contributed by atoms with E-state index in [-0.39, 0.29) is 18.1 Å². The van der Waals surface area contributed by atoms with Crippen molar-refractivity contribution in [1.29, 1.82) is 0 Å². The number of hydrogen-bond donors (Lipinski definition) is 1. The topological polar surface area (TPSA) is 83.5 Å². The van der Waals surface area contributed by atoms with Gasteiger partial charge in [0.05, 0.1) is 5.56 Å². The number of amides is 1. The SMILES string of the molecule is Cc1c(OCC(N)=O)ccc2c1O/C(=C/c1cn(C)c3ccccc13)C2=O. The second-order valence-corrected chi connectivity index (χ2v) is 6.47. The monoisotopic (exact) mass is 362 g/mol. The number of benzene rings is 2. The van der Waals surface area contributed by atoms with Gasteiger partial charge in [-0.25, -0.2) is 0 Å². The molecule has 2 aromatic carbocycles. The summed E-state index contributed by atoms with van der Waals surface area (Å²) < 4.78 is 13.3. The largest absolute Gasteiger partial charge is 0.483 e. The quantitative estimate of drug-likeness (QED) is 0.723. The van der Waals surface area contributed by atoms with E-state index in [0.717, 1.165) is 16.5 Å². The highest BCUT2D eigenvalue weighted by Gasteiger charge is 2.30. The number of rotatable bonds is 4. The average Bonchev–Trinajstić information content (AvgIpc) is 3.13. The minimum absolute atomic E-state index is 0.178. The molecule has 0 fully saturated rings. The van der Waals surface area contributed by atoms with Gasteiger partial charge < -0.3 is 19.8 Å². The maximum atomic E-state index is 12.8. The Hall–Kier alpha value is -3.54. The molecule has 0 unspecified atom stereocenters. The molecular formula is C21H18N2O4. The van der Waals surface area contributed by atoms with Crippen molar-refractivity contribution in [2.75, 3.05) is 6.61 Å². The van der Waals surface area contributed by atoms with Gasteiger partial charge in [-0.05, 0) is 31.2 Å². The van der Waals surface area contributed by atoms with Crippen LogP contribution in [0.15, 0.2) is 48.4 Å². The number of ether oxygens (including phenoxy) is 2. The van der Waals surface area contributed by atoms with Gasteiger partial charge in [-0.2, -0.15) is 0 Å². The number of nitrogens with zero attached hydrogens (tertiary/aromatic N) is 1. The van der Waals surface area contributed by atoms with E-state index in [4.69, 9.17) is 15.2 Å². The molecular weight excluding hydrogens is 344 g/mol. The van der Waals surface area contributed by atoms with Crippen molar-refractivity contribution in [3.8, 4) is 11.5 Å². The standard InChI is InChI=1S/C21H18N2O4/c1-12-17(26-11-19(22)24)8-7-15-20(25)18(27-21(12)15)9-13-10-23(2)16-6-4-3-5-14(13)16/h3-10H,11H2,1-2H3,(H2,22,24)/b18-9+. The van der Waals surface area contributed by atoms with Crippen LogP contribution >= 0.6 is 0 Å². The number of primary amides is 1. The Bertz CT molecular complexity index is 1120. The Balaban J connectivity index is 1.71. The molecule has 2 heterocycles. The van der Waals surface area contributed by atoms with Gasteiger partial charge >= 0.3 is 0 Å². The number of fused-ring (bicyclic) bond motifs is 2. The number of hydrogen-bond acceptors (Lipinski definition) is 4. The molecule has 0 bridgehead atoms. The molecule has 27 heavy (non-hydrogen) atoms. The molecule has 4 rings (SSSR count). The van der Waals surface area contributed by atoms with E-state index in [2.05, 4.69) is 0 Å². The number of para-hydroxylation sites is 1. The zero-order chi connectivity index (χ0) is 19.1. The molecule has 0 saturated heterocycles. The van der Waals surface area contributed by atoms with E-state index >= 15 is 0 Å². The summed E-state index contributed by atoms with van der Waals surface area (Å²) in [5, 5.41) is 1.04. The van der Waals surface area contributed by atoms with Crippen LogP contribution in [0, 0.1) is 6.92 Å². The van der Waals surface area contributed by atoms with E-state index in [1.54, 1.807) is 25.1 Å². The second-order valence-electron chi connectivity index (χ2n) is 6.47. The van der Waals surface area contributed by atoms with Crippen LogP contribution in [0.5, 0.6) is 11.5 Å². The van der Waals surface area contributed by atoms with E-state index < -0.39 is 5.91 Å². The molecule has 3 aromatic rings. The van der Waals surface area contributed by atoms with E-state index in [0.29, 0.717) is 22.6 Å². The molecule has 0 radical (unpaired) electrons. The predicted molar refractivity (Wildman–Crippen MR) is 102 cm³/mol. The summed E-state index contributed by atoms with van der Waals surface area (Å²) in [7, 11) is 1.96. The first-order valence-electron chi connectivity index (χ1n) is 8.48. The second kappa shape index (κ2) is 6.32. The molecule has 1 aromatic heterocycles. The van der Waals surface area contributed by atoms with Crippen molar-refractivity contribution in [3.05, 3.63) is 65.0 Å². The predicted octanol–water partition coefficient (Wildman–Crippen LogP) is 2.97. The molecule has 0 spiro atoms. The number of carbonyl (C=O) groups excluding carboxylic acids is 2. The number of ketones is 1. The first kappa shape index (κ1) is 16.9. The highest BCUT2D eigenvalue weighted by Crippen LogP contribution is 2.39. The molecule has 0 saturated carbocycles. The zero-order valence-electron chi connectivity index (χ0n) is 15.0. The van der Waals surface area contributed by atoms with Crippen LogP contribution in [-0.2, 0) is 11.8 Å². The van der Waals surface area contributed by atoms with Crippen LogP contribution in [0.1, 0.15) is 21.5 Å². The number of nitrogens with two attached hydrogens (primary N) is 1. The number of aromatic nitrogens is 1. The fourth-order valence-corrected chi connectivity index (χ4v) is 3.30. The van der Waals surface area contributed by atoms with Crippen LogP contribution in [0.2, 0.25) is 0 Å². The number of aryl methyl sites for hydroxylation is 1. The third kappa shape index (κ3) is 2.85. The minimum atomic E-state index is -0.566. The van der Waals surface area contributed by atoms with E-state index in [1.165, 1.54) is 0 Å². The number of allylic oxidation sites excluding steroid dienone is 1. The molecule has 6 heteroatoms. The summed E-state index contributed by atoms with van der Waals surface area (Å²) in [6, 6.07) is 11.3. The normalized spacial score (nSPS) is 14.4. The Labute approximate surface area is 155 Å². The van der Waals surface area contributed by atoms with E-state index in [1.807, 2.05) is 42.1 Å². The molecule has 1 amide bonds. The average molecular weight is 362 g/mol. The van der Waals surface area contributed by atoms with Crippen molar-refractivity contribution >= 4 is 28.7 Å². The summed E-state index contributed by atoms with van der Waals surface area (Å²) in [6.45, 7) is 1.55. The first-order valence-corrected chi connectivity index (χ1v) is 8.48. The summed E-state index contributed by atoms with van der Waals surface area (Å²) >= 11 is 0. The highest BCUT2D eigenvalue weighted by atomic mass is 16.5.